The summed E-state index contributed by atoms with van der Waals surface area (Å²) in [4.78, 5) is 26.2. The van der Waals surface area contributed by atoms with Crippen molar-refractivity contribution in [1.82, 2.24) is 0 Å². The molecule has 3 rings (SSSR count). The van der Waals surface area contributed by atoms with Gasteiger partial charge in [0.1, 0.15) is 11.6 Å². The minimum Gasteiger partial charge on any atom is -0.393 e. The number of Topliss-reactive ketones (excluding diaryl/α,β-unsaturated/α-hetero) is 2. The van der Waals surface area contributed by atoms with Gasteiger partial charge in [0, 0.05) is 11.8 Å². The van der Waals surface area contributed by atoms with Crippen LogP contribution in [0.4, 0.5) is 0 Å². The topological polar surface area (TPSA) is 83.8 Å². The fourth-order valence-electron chi connectivity index (χ4n) is 7.09. The Morgan fingerprint density at radius 2 is 1.81 bits per heavy atom. The van der Waals surface area contributed by atoms with E-state index in [1.54, 1.807) is 19.9 Å². The summed E-state index contributed by atoms with van der Waals surface area (Å²) in [5.74, 6) is -2.06. The van der Waals surface area contributed by atoms with E-state index in [1.807, 2.05) is 6.92 Å². The zero-order valence-electron chi connectivity index (χ0n) is 17.4. The van der Waals surface area contributed by atoms with E-state index >= 15 is 0 Å². The summed E-state index contributed by atoms with van der Waals surface area (Å²) < 4.78 is 6.43. The zero-order chi connectivity index (χ0) is 20.6. The molecule has 152 valence electrons. The number of ketones is 2. The summed E-state index contributed by atoms with van der Waals surface area (Å²) in [7, 11) is 0. The van der Waals surface area contributed by atoms with Crippen molar-refractivity contribution >= 4 is 11.6 Å². The normalized spacial score (nSPS) is 51.9. The quantitative estimate of drug-likeness (QED) is 0.722. The lowest BCUT2D eigenvalue weighted by Crippen LogP contribution is -2.76. The average Bonchev–Trinajstić information content (AvgIpc) is 2.49. The van der Waals surface area contributed by atoms with Gasteiger partial charge in [-0.05, 0) is 44.9 Å². The molecule has 0 aromatic carbocycles. The second kappa shape index (κ2) is 5.98. The van der Waals surface area contributed by atoms with Gasteiger partial charge in [-0.15, -0.1) is 6.58 Å². The Balaban J connectivity index is 2.27. The molecule has 5 heteroatoms. The third kappa shape index (κ3) is 2.61. The molecular weight excluding hydrogens is 344 g/mol. The summed E-state index contributed by atoms with van der Waals surface area (Å²) in [5.41, 5.74) is -3.25. The minimum atomic E-state index is -1.19. The van der Waals surface area contributed by atoms with Crippen molar-refractivity contribution in [3.63, 3.8) is 0 Å². The lowest BCUT2D eigenvalue weighted by Gasteiger charge is -2.68. The van der Waals surface area contributed by atoms with Gasteiger partial charge in [0.2, 0.25) is 0 Å². The molecule has 0 aromatic heterocycles. The number of fused-ring (bicyclic) bond motifs is 3. The Morgan fingerprint density at radius 1 is 1.22 bits per heavy atom. The predicted octanol–water partition coefficient (Wildman–Crippen LogP) is 2.68. The Hall–Kier alpha value is -1.04. The number of carbonyl (C=O) groups excluding carboxylic acids is 2. The molecule has 8 atom stereocenters. The number of hydrogen-bond donors (Lipinski definition) is 2. The molecule has 5 nitrogen and oxygen atoms in total. The summed E-state index contributed by atoms with van der Waals surface area (Å²) in [6.07, 6.45) is 1.34. The van der Waals surface area contributed by atoms with E-state index in [9.17, 15) is 19.8 Å². The minimum absolute atomic E-state index is 0.0199. The molecule has 2 N–H and O–H groups in total. The van der Waals surface area contributed by atoms with Crippen molar-refractivity contribution in [2.75, 3.05) is 0 Å². The van der Waals surface area contributed by atoms with E-state index in [4.69, 9.17) is 4.74 Å². The maximum absolute atomic E-state index is 13.5. The monoisotopic (exact) mass is 378 g/mol. The van der Waals surface area contributed by atoms with Gasteiger partial charge < -0.3 is 14.9 Å². The molecule has 0 unspecified atom stereocenters. The third-order valence-electron chi connectivity index (χ3n) is 7.96. The average molecular weight is 379 g/mol. The van der Waals surface area contributed by atoms with Crippen molar-refractivity contribution in [3.05, 3.63) is 12.7 Å². The first-order valence-corrected chi connectivity index (χ1v) is 9.97. The highest BCUT2D eigenvalue weighted by molar-refractivity contribution is 5.89. The fraction of sp³-hybridized carbons (Fsp3) is 0.818. The van der Waals surface area contributed by atoms with Gasteiger partial charge >= 0.3 is 0 Å². The molecular formula is C22H34O5. The van der Waals surface area contributed by atoms with Crippen molar-refractivity contribution in [2.24, 2.45) is 28.6 Å². The molecule has 0 amide bonds. The summed E-state index contributed by atoms with van der Waals surface area (Å²) in [6.45, 7) is 14.9. The molecule has 2 aliphatic carbocycles. The second-order valence-electron chi connectivity index (χ2n) is 10.3. The summed E-state index contributed by atoms with van der Waals surface area (Å²) >= 11 is 0. The van der Waals surface area contributed by atoms with Gasteiger partial charge in [0.25, 0.3) is 0 Å². The smallest absolute Gasteiger partial charge is 0.142 e. The van der Waals surface area contributed by atoms with E-state index in [-0.39, 0.29) is 29.3 Å². The molecule has 0 spiro atoms. The van der Waals surface area contributed by atoms with E-state index in [0.29, 0.717) is 6.42 Å². The molecule has 1 heterocycles. The summed E-state index contributed by atoms with van der Waals surface area (Å²) in [6, 6.07) is 0. The fourth-order valence-corrected chi connectivity index (χ4v) is 7.09. The van der Waals surface area contributed by atoms with Gasteiger partial charge in [0.05, 0.1) is 35.2 Å². The first-order valence-electron chi connectivity index (χ1n) is 9.97. The van der Waals surface area contributed by atoms with Crippen LogP contribution in [-0.2, 0) is 14.3 Å². The molecule has 3 fully saturated rings. The maximum Gasteiger partial charge on any atom is 0.142 e. The van der Waals surface area contributed by atoms with Crippen molar-refractivity contribution in [2.45, 2.75) is 84.2 Å². The summed E-state index contributed by atoms with van der Waals surface area (Å²) in [5, 5.41) is 22.5. The second-order valence-corrected chi connectivity index (χ2v) is 10.3. The highest BCUT2D eigenvalue weighted by Crippen LogP contribution is 2.66. The standard InChI is InChI=1S/C22H34O5/c1-8-20(5)11-13(24)17-21(6)14(25)9-10-19(3,4)18(21)16(26)15(12(2)23)22(17,7)27-20/h8,14-18,25-26H,1,9-11H2,2-7H3/t14-,15-,16+,17+,18-,20-,21+,22+/m0/s1. The molecule has 27 heavy (non-hydrogen) atoms. The molecule has 1 saturated heterocycles. The van der Waals surface area contributed by atoms with Crippen LogP contribution >= 0.6 is 0 Å². The van der Waals surface area contributed by atoms with Gasteiger partial charge in [-0.25, -0.2) is 0 Å². The van der Waals surface area contributed by atoms with Crippen LogP contribution in [0.15, 0.2) is 12.7 Å². The van der Waals surface area contributed by atoms with Gasteiger partial charge in [0.15, 0.2) is 0 Å². The lowest BCUT2D eigenvalue weighted by atomic mass is 9.40. The van der Waals surface area contributed by atoms with Crippen LogP contribution in [0.3, 0.4) is 0 Å². The highest BCUT2D eigenvalue weighted by atomic mass is 16.5. The molecule has 2 saturated carbocycles. The van der Waals surface area contributed by atoms with Crippen LogP contribution in [0.2, 0.25) is 0 Å². The van der Waals surface area contributed by atoms with E-state index in [2.05, 4.69) is 20.4 Å². The predicted molar refractivity (Wildman–Crippen MR) is 102 cm³/mol. The number of rotatable bonds is 2. The number of ether oxygens (including phenoxy) is 1. The van der Waals surface area contributed by atoms with Crippen LogP contribution in [0, 0.1) is 28.6 Å². The first-order chi connectivity index (χ1) is 12.2. The largest absolute Gasteiger partial charge is 0.393 e. The van der Waals surface area contributed by atoms with Gasteiger partial charge in [-0.3, -0.25) is 9.59 Å². The Kier molecular flexibility index (Phi) is 4.58. The zero-order valence-corrected chi connectivity index (χ0v) is 17.4. The first kappa shape index (κ1) is 20.7. The Labute approximate surface area is 162 Å². The molecule has 3 aliphatic rings. The van der Waals surface area contributed by atoms with Gasteiger partial charge in [-0.1, -0.05) is 26.8 Å². The number of carbonyl (C=O) groups is 2. The number of aliphatic hydroxyl groups is 2. The van der Waals surface area contributed by atoms with E-state index in [1.165, 1.54) is 6.92 Å². The lowest BCUT2D eigenvalue weighted by molar-refractivity contribution is -0.300. The van der Waals surface area contributed by atoms with Gasteiger partial charge in [-0.2, -0.15) is 0 Å². The Bertz CT molecular complexity index is 684. The van der Waals surface area contributed by atoms with Crippen molar-refractivity contribution < 1.29 is 24.5 Å². The van der Waals surface area contributed by atoms with E-state index in [0.717, 1.165) is 6.42 Å². The molecule has 0 aromatic rings. The molecule has 1 aliphatic heterocycles. The Morgan fingerprint density at radius 3 is 2.33 bits per heavy atom. The van der Waals surface area contributed by atoms with E-state index < -0.39 is 40.7 Å². The van der Waals surface area contributed by atoms with Crippen LogP contribution < -0.4 is 0 Å². The SMILES string of the molecule is C=C[C@@]1(C)CC(=O)[C@H]2[C@](C)(O1)[C@@H](C(C)=O)[C@@H](O)[C@H]1C(C)(C)CC[C@H](O)[C@@]12C. The van der Waals surface area contributed by atoms with Crippen LogP contribution in [0.1, 0.15) is 60.8 Å². The number of hydrogen-bond acceptors (Lipinski definition) is 5. The van der Waals surface area contributed by atoms with Crippen molar-refractivity contribution in [3.8, 4) is 0 Å². The molecule has 0 radical (unpaired) electrons. The number of aliphatic hydroxyl groups excluding tert-OH is 2. The molecule has 0 bridgehead atoms. The van der Waals surface area contributed by atoms with Crippen LogP contribution in [0.25, 0.3) is 0 Å². The van der Waals surface area contributed by atoms with Crippen molar-refractivity contribution in [1.29, 1.82) is 0 Å². The third-order valence-corrected chi connectivity index (χ3v) is 7.96. The highest BCUT2D eigenvalue weighted by Gasteiger charge is 2.73. The van der Waals surface area contributed by atoms with Crippen LogP contribution in [-0.4, -0.2) is 45.2 Å². The van der Waals surface area contributed by atoms with Crippen LogP contribution in [0.5, 0.6) is 0 Å². The maximum atomic E-state index is 13.5.